The molecule has 0 aliphatic carbocycles. The van der Waals surface area contributed by atoms with Gasteiger partial charge >= 0.3 is 0 Å². The zero-order valence-corrected chi connectivity index (χ0v) is 14.1. The molecular formula is C19H15Y-. The Hall–Kier alpha value is -1.37. The molecule has 0 unspecified atom stereocenters. The fourth-order valence-corrected chi connectivity index (χ4v) is 2.29. The van der Waals surface area contributed by atoms with Crippen LogP contribution < -0.4 is 0 Å². The number of benzene rings is 3. The molecule has 1 heteroatoms. The average molecular weight is 332 g/mol. The van der Waals surface area contributed by atoms with E-state index in [-0.39, 0.29) is 32.7 Å². The molecule has 95 valence electrons. The van der Waals surface area contributed by atoms with Crippen LogP contribution in [0, 0.1) is 6.92 Å². The standard InChI is InChI=1S/C19H15.Y/c1-15-12-18(16-8-4-2-5-9-16)14-19(13-15)17-10-6-3-7-11-17;/h2-14H,1H2;/q-1;. The van der Waals surface area contributed by atoms with Crippen molar-refractivity contribution in [3.8, 4) is 22.3 Å². The molecule has 0 amide bonds. The van der Waals surface area contributed by atoms with Crippen LogP contribution in [0.2, 0.25) is 0 Å². The van der Waals surface area contributed by atoms with E-state index in [2.05, 4.69) is 73.7 Å². The molecule has 0 spiro atoms. The summed E-state index contributed by atoms with van der Waals surface area (Å²) in [4.78, 5) is 0. The fraction of sp³-hybridized carbons (Fsp3) is 0. The van der Waals surface area contributed by atoms with Gasteiger partial charge in [0.05, 0.1) is 0 Å². The van der Waals surface area contributed by atoms with Crippen molar-refractivity contribution < 1.29 is 32.7 Å². The van der Waals surface area contributed by atoms with E-state index in [4.69, 9.17) is 0 Å². The summed E-state index contributed by atoms with van der Waals surface area (Å²) < 4.78 is 0. The van der Waals surface area contributed by atoms with Crippen molar-refractivity contribution >= 4 is 0 Å². The Bertz CT molecular complexity index is 615. The van der Waals surface area contributed by atoms with Crippen LogP contribution in [-0.4, -0.2) is 0 Å². The zero-order valence-electron chi connectivity index (χ0n) is 11.3. The van der Waals surface area contributed by atoms with E-state index >= 15 is 0 Å². The first kappa shape index (κ1) is 15.0. The second kappa shape index (κ2) is 6.88. The topological polar surface area (TPSA) is 0 Å². The van der Waals surface area contributed by atoms with Gasteiger partial charge in [0.2, 0.25) is 0 Å². The van der Waals surface area contributed by atoms with Gasteiger partial charge < -0.3 is 0 Å². The Kier molecular flexibility index (Phi) is 5.17. The minimum absolute atomic E-state index is 0. The Balaban J connectivity index is 0.00000147. The van der Waals surface area contributed by atoms with Crippen molar-refractivity contribution in [3.63, 3.8) is 0 Å². The van der Waals surface area contributed by atoms with Crippen LogP contribution in [0.15, 0.2) is 78.9 Å². The molecule has 0 nitrogen and oxygen atoms in total. The molecule has 0 saturated heterocycles. The van der Waals surface area contributed by atoms with Gasteiger partial charge in [-0.3, -0.25) is 0 Å². The fourth-order valence-electron chi connectivity index (χ4n) is 2.29. The monoisotopic (exact) mass is 332 g/mol. The summed E-state index contributed by atoms with van der Waals surface area (Å²) in [5.74, 6) is 0. The predicted molar refractivity (Wildman–Crippen MR) is 81.8 cm³/mol. The molecule has 0 fully saturated rings. The largest absolute Gasteiger partial charge is 0.199 e. The summed E-state index contributed by atoms with van der Waals surface area (Å²) in [6.07, 6.45) is 0. The van der Waals surface area contributed by atoms with Gasteiger partial charge in [-0.15, -0.1) is 0 Å². The van der Waals surface area contributed by atoms with Crippen LogP contribution >= 0.6 is 0 Å². The van der Waals surface area contributed by atoms with Crippen LogP contribution in [0.25, 0.3) is 22.3 Å². The summed E-state index contributed by atoms with van der Waals surface area (Å²) in [5.41, 5.74) is 5.93. The van der Waals surface area contributed by atoms with Crippen molar-refractivity contribution in [1.82, 2.24) is 0 Å². The minimum atomic E-state index is 0. The maximum absolute atomic E-state index is 4.09. The number of hydrogen-bond donors (Lipinski definition) is 0. The molecule has 3 aromatic rings. The Morgan fingerprint density at radius 1 is 0.500 bits per heavy atom. The SMILES string of the molecule is [CH2-]c1cc(-c2ccccc2)cc(-c2ccccc2)c1.[Y]. The van der Waals surface area contributed by atoms with Crippen molar-refractivity contribution in [2.45, 2.75) is 0 Å². The smallest absolute Gasteiger partial charge is 0 e. The normalized spacial score (nSPS) is 9.80. The van der Waals surface area contributed by atoms with Gasteiger partial charge in [0.25, 0.3) is 0 Å². The zero-order chi connectivity index (χ0) is 13.1. The van der Waals surface area contributed by atoms with Gasteiger partial charge in [0, 0.05) is 32.7 Å². The minimum Gasteiger partial charge on any atom is -0.199 e. The Labute approximate surface area is 145 Å². The van der Waals surface area contributed by atoms with E-state index < -0.39 is 0 Å². The molecule has 0 aromatic heterocycles. The van der Waals surface area contributed by atoms with Crippen LogP contribution in [0.1, 0.15) is 5.56 Å². The Morgan fingerprint density at radius 2 is 0.900 bits per heavy atom. The van der Waals surface area contributed by atoms with Gasteiger partial charge in [0.15, 0.2) is 0 Å². The predicted octanol–water partition coefficient (Wildman–Crippen LogP) is 5.20. The molecule has 0 aliphatic heterocycles. The maximum atomic E-state index is 4.09. The summed E-state index contributed by atoms with van der Waals surface area (Å²) in [6.45, 7) is 4.09. The van der Waals surface area contributed by atoms with Gasteiger partial charge in [-0.1, -0.05) is 77.9 Å². The quantitative estimate of drug-likeness (QED) is 0.566. The molecular weight excluding hydrogens is 317 g/mol. The van der Waals surface area contributed by atoms with Crippen LogP contribution in [0.5, 0.6) is 0 Å². The third-order valence-electron chi connectivity index (χ3n) is 3.21. The van der Waals surface area contributed by atoms with Gasteiger partial charge in [-0.25, -0.2) is 0 Å². The summed E-state index contributed by atoms with van der Waals surface area (Å²) in [6, 6.07) is 27.3. The van der Waals surface area contributed by atoms with Crippen molar-refractivity contribution in [1.29, 1.82) is 0 Å². The van der Waals surface area contributed by atoms with E-state index in [1.165, 1.54) is 22.3 Å². The van der Waals surface area contributed by atoms with Crippen molar-refractivity contribution in [3.05, 3.63) is 91.3 Å². The van der Waals surface area contributed by atoms with E-state index in [1.54, 1.807) is 0 Å². The van der Waals surface area contributed by atoms with Crippen LogP contribution in [-0.2, 0) is 32.7 Å². The van der Waals surface area contributed by atoms with E-state index in [0.29, 0.717) is 0 Å². The van der Waals surface area contributed by atoms with Gasteiger partial charge in [0.1, 0.15) is 0 Å². The summed E-state index contributed by atoms with van der Waals surface area (Å²) in [7, 11) is 0. The molecule has 0 heterocycles. The first-order valence-electron chi connectivity index (χ1n) is 6.41. The molecule has 1 radical (unpaired) electrons. The Morgan fingerprint density at radius 3 is 1.30 bits per heavy atom. The van der Waals surface area contributed by atoms with Gasteiger partial charge in [-0.2, -0.15) is 24.6 Å². The molecule has 0 N–H and O–H groups in total. The molecule has 0 bridgehead atoms. The first-order valence-corrected chi connectivity index (χ1v) is 6.41. The third-order valence-corrected chi connectivity index (χ3v) is 3.21. The second-order valence-electron chi connectivity index (χ2n) is 4.65. The van der Waals surface area contributed by atoms with E-state index in [0.717, 1.165) is 5.56 Å². The second-order valence-corrected chi connectivity index (χ2v) is 4.65. The number of rotatable bonds is 2. The number of hydrogen-bond acceptors (Lipinski definition) is 0. The molecule has 3 aromatic carbocycles. The van der Waals surface area contributed by atoms with E-state index in [9.17, 15) is 0 Å². The summed E-state index contributed by atoms with van der Waals surface area (Å²) >= 11 is 0. The maximum Gasteiger partial charge on any atom is 0 e. The molecule has 20 heavy (non-hydrogen) atoms. The molecule has 0 atom stereocenters. The third kappa shape index (κ3) is 3.39. The molecule has 0 aliphatic rings. The molecule has 0 saturated carbocycles. The van der Waals surface area contributed by atoms with E-state index in [1.807, 2.05) is 12.1 Å². The van der Waals surface area contributed by atoms with Crippen molar-refractivity contribution in [2.24, 2.45) is 0 Å². The first-order chi connectivity index (χ1) is 9.33. The van der Waals surface area contributed by atoms with Crippen LogP contribution in [0.3, 0.4) is 0 Å². The van der Waals surface area contributed by atoms with Crippen molar-refractivity contribution in [2.75, 3.05) is 0 Å². The molecule has 3 rings (SSSR count). The van der Waals surface area contributed by atoms with Crippen LogP contribution in [0.4, 0.5) is 0 Å². The summed E-state index contributed by atoms with van der Waals surface area (Å²) in [5, 5.41) is 0. The average Bonchev–Trinajstić information content (AvgIpc) is 2.48. The van der Waals surface area contributed by atoms with Gasteiger partial charge in [-0.05, 0) is 11.1 Å².